The Bertz CT molecular complexity index is 442. The maximum atomic E-state index is 4.96. The summed E-state index contributed by atoms with van der Waals surface area (Å²) in [6.07, 6.45) is 0. The molecule has 2 rings (SSSR count). The molecule has 0 aliphatic carbocycles. The molecule has 0 bridgehead atoms. The second kappa shape index (κ2) is 4.75. The topological polar surface area (TPSA) is 34.1 Å². The molecule has 1 heterocycles. The number of benzene rings is 1. The fourth-order valence-electron chi connectivity index (χ4n) is 1.45. The third kappa shape index (κ3) is 2.44. The van der Waals surface area contributed by atoms with E-state index < -0.39 is 0 Å². The Kier molecular flexibility index (Phi) is 3.15. The highest BCUT2D eigenvalue weighted by Crippen LogP contribution is 2.13. The molecule has 0 fully saturated rings. The number of ether oxygens (including phenoxy) is 1. The minimum Gasteiger partial charge on any atom is -0.383 e. The van der Waals surface area contributed by atoms with E-state index in [-0.39, 0.29) is 0 Å². The molecule has 0 spiro atoms. The summed E-state index contributed by atoms with van der Waals surface area (Å²) in [6.45, 7) is 1.47. The molecule has 3 heteroatoms. The Balaban J connectivity index is 2.16. The number of pyridine rings is 1. The molecule has 2 aromatic rings. The lowest BCUT2D eigenvalue weighted by atomic mass is 10.2. The van der Waals surface area contributed by atoms with Crippen LogP contribution in [0, 0.1) is 0 Å². The van der Waals surface area contributed by atoms with Gasteiger partial charge < -0.3 is 10.1 Å². The fourth-order valence-corrected chi connectivity index (χ4v) is 1.45. The molecule has 0 saturated carbocycles. The molecule has 1 aromatic carbocycles. The molecular formula is C12H14N2O. The molecule has 0 saturated heterocycles. The third-order valence-electron chi connectivity index (χ3n) is 2.21. The SMILES string of the molecule is COCCNc1ccc2ccccc2n1. The van der Waals surface area contributed by atoms with E-state index in [4.69, 9.17) is 4.74 Å². The predicted molar refractivity (Wildman–Crippen MR) is 62.1 cm³/mol. The van der Waals surface area contributed by atoms with Crippen LogP contribution in [-0.4, -0.2) is 25.2 Å². The first-order valence-electron chi connectivity index (χ1n) is 4.99. The average molecular weight is 202 g/mol. The van der Waals surface area contributed by atoms with Gasteiger partial charge in [-0.2, -0.15) is 0 Å². The summed E-state index contributed by atoms with van der Waals surface area (Å²) in [5.41, 5.74) is 1.01. The van der Waals surface area contributed by atoms with E-state index in [1.807, 2.05) is 24.3 Å². The smallest absolute Gasteiger partial charge is 0.126 e. The molecule has 0 radical (unpaired) electrons. The molecular weight excluding hydrogens is 188 g/mol. The number of nitrogens with zero attached hydrogens (tertiary/aromatic N) is 1. The van der Waals surface area contributed by atoms with Crippen molar-refractivity contribution in [2.75, 3.05) is 25.6 Å². The van der Waals surface area contributed by atoms with Gasteiger partial charge in [-0.25, -0.2) is 4.98 Å². The van der Waals surface area contributed by atoms with E-state index in [0.717, 1.165) is 23.3 Å². The Labute approximate surface area is 89.1 Å². The van der Waals surface area contributed by atoms with Gasteiger partial charge in [0, 0.05) is 19.0 Å². The molecule has 0 aliphatic heterocycles. The lowest BCUT2D eigenvalue weighted by molar-refractivity contribution is 0.210. The van der Waals surface area contributed by atoms with Gasteiger partial charge in [0.25, 0.3) is 0 Å². The van der Waals surface area contributed by atoms with Crippen molar-refractivity contribution in [2.24, 2.45) is 0 Å². The third-order valence-corrected chi connectivity index (χ3v) is 2.21. The van der Waals surface area contributed by atoms with Crippen LogP contribution in [-0.2, 0) is 4.74 Å². The molecule has 0 amide bonds. The van der Waals surface area contributed by atoms with Crippen LogP contribution in [0.5, 0.6) is 0 Å². The molecule has 3 nitrogen and oxygen atoms in total. The van der Waals surface area contributed by atoms with Gasteiger partial charge in [0.15, 0.2) is 0 Å². The first kappa shape index (κ1) is 9.93. The van der Waals surface area contributed by atoms with Crippen LogP contribution < -0.4 is 5.32 Å². The Morgan fingerprint density at radius 2 is 2.07 bits per heavy atom. The zero-order valence-corrected chi connectivity index (χ0v) is 8.73. The van der Waals surface area contributed by atoms with Crippen LogP contribution in [0.15, 0.2) is 36.4 Å². The van der Waals surface area contributed by atoms with Crippen LogP contribution in [0.25, 0.3) is 10.9 Å². The van der Waals surface area contributed by atoms with Gasteiger partial charge in [-0.1, -0.05) is 18.2 Å². The second-order valence-electron chi connectivity index (χ2n) is 3.31. The number of hydrogen-bond acceptors (Lipinski definition) is 3. The normalized spacial score (nSPS) is 10.5. The van der Waals surface area contributed by atoms with Crippen molar-refractivity contribution >= 4 is 16.7 Å². The van der Waals surface area contributed by atoms with Crippen LogP contribution in [0.4, 0.5) is 5.82 Å². The van der Waals surface area contributed by atoms with E-state index in [0.29, 0.717) is 6.61 Å². The summed E-state index contributed by atoms with van der Waals surface area (Å²) in [5.74, 6) is 0.894. The highest BCUT2D eigenvalue weighted by Gasteiger charge is 1.96. The molecule has 0 aliphatic rings. The summed E-state index contributed by atoms with van der Waals surface area (Å²) in [5, 5.41) is 4.36. The van der Waals surface area contributed by atoms with Crippen LogP contribution >= 0.6 is 0 Å². The summed E-state index contributed by atoms with van der Waals surface area (Å²) in [7, 11) is 1.69. The van der Waals surface area contributed by atoms with E-state index >= 15 is 0 Å². The molecule has 78 valence electrons. The maximum absolute atomic E-state index is 4.96. The average Bonchev–Trinajstić information content (AvgIpc) is 2.29. The lowest BCUT2D eigenvalue weighted by Crippen LogP contribution is -2.08. The summed E-state index contributed by atoms with van der Waals surface area (Å²) in [4.78, 5) is 4.48. The Morgan fingerprint density at radius 1 is 1.20 bits per heavy atom. The first-order chi connectivity index (χ1) is 7.40. The molecule has 0 unspecified atom stereocenters. The highest BCUT2D eigenvalue weighted by molar-refractivity contribution is 5.79. The number of aromatic nitrogens is 1. The quantitative estimate of drug-likeness (QED) is 0.772. The minimum atomic E-state index is 0.689. The van der Waals surface area contributed by atoms with Crippen LogP contribution in [0.2, 0.25) is 0 Å². The van der Waals surface area contributed by atoms with Gasteiger partial charge in [0.1, 0.15) is 5.82 Å². The second-order valence-corrected chi connectivity index (χ2v) is 3.31. The van der Waals surface area contributed by atoms with Crippen molar-refractivity contribution in [3.63, 3.8) is 0 Å². The number of nitrogens with one attached hydrogen (secondary N) is 1. The summed E-state index contributed by atoms with van der Waals surface area (Å²) >= 11 is 0. The molecule has 1 N–H and O–H groups in total. The van der Waals surface area contributed by atoms with Gasteiger partial charge >= 0.3 is 0 Å². The molecule has 0 atom stereocenters. The van der Waals surface area contributed by atoms with Crippen molar-refractivity contribution in [3.05, 3.63) is 36.4 Å². The van der Waals surface area contributed by atoms with Gasteiger partial charge in [-0.05, 0) is 18.2 Å². The highest BCUT2D eigenvalue weighted by atomic mass is 16.5. The van der Waals surface area contributed by atoms with Gasteiger partial charge in [-0.15, -0.1) is 0 Å². The number of anilines is 1. The minimum absolute atomic E-state index is 0.689. The lowest BCUT2D eigenvalue weighted by Gasteiger charge is -2.05. The van der Waals surface area contributed by atoms with Crippen molar-refractivity contribution in [2.45, 2.75) is 0 Å². The van der Waals surface area contributed by atoms with E-state index in [1.165, 1.54) is 0 Å². The number of para-hydroxylation sites is 1. The van der Waals surface area contributed by atoms with E-state index in [2.05, 4.69) is 22.4 Å². The zero-order valence-electron chi connectivity index (χ0n) is 8.73. The van der Waals surface area contributed by atoms with Crippen LogP contribution in [0.3, 0.4) is 0 Å². The van der Waals surface area contributed by atoms with E-state index in [1.54, 1.807) is 7.11 Å². The van der Waals surface area contributed by atoms with Crippen molar-refractivity contribution < 1.29 is 4.74 Å². The fraction of sp³-hybridized carbons (Fsp3) is 0.250. The molecule has 1 aromatic heterocycles. The number of methoxy groups -OCH3 is 1. The van der Waals surface area contributed by atoms with Crippen LogP contribution in [0.1, 0.15) is 0 Å². The Morgan fingerprint density at radius 3 is 2.93 bits per heavy atom. The summed E-state index contributed by atoms with van der Waals surface area (Å²) < 4.78 is 4.96. The predicted octanol–water partition coefficient (Wildman–Crippen LogP) is 2.29. The van der Waals surface area contributed by atoms with E-state index in [9.17, 15) is 0 Å². The number of hydrogen-bond donors (Lipinski definition) is 1. The van der Waals surface area contributed by atoms with Gasteiger partial charge in [0.2, 0.25) is 0 Å². The summed E-state index contributed by atoms with van der Waals surface area (Å²) in [6, 6.07) is 12.1. The van der Waals surface area contributed by atoms with Gasteiger partial charge in [0.05, 0.1) is 12.1 Å². The standard InChI is InChI=1S/C12H14N2O/c1-15-9-8-13-12-7-6-10-4-2-3-5-11(10)14-12/h2-7H,8-9H2,1H3,(H,13,14). The number of fused-ring (bicyclic) bond motifs is 1. The molecule has 15 heavy (non-hydrogen) atoms. The van der Waals surface area contributed by atoms with Gasteiger partial charge in [-0.3, -0.25) is 0 Å². The first-order valence-corrected chi connectivity index (χ1v) is 4.99. The largest absolute Gasteiger partial charge is 0.383 e. The van der Waals surface area contributed by atoms with Crippen molar-refractivity contribution in [1.82, 2.24) is 4.98 Å². The number of rotatable bonds is 4. The monoisotopic (exact) mass is 202 g/mol. The Hall–Kier alpha value is -1.61. The van der Waals surface area contributed by atoms with Crippen molar-refractivity contribution in [3.8, 4) is 0 Å². The maximum Gasteiger partial charge on any atom is 0.126 e. The van der Waals surface area contributed by atoms with Crippen molar-refractivity contribution in [1.29, 1.82) is 0 Å². The zero-order chi connectivity index (χ0) is 10.5.